The van der Waals surface area contributed by atoms with Crippen molar-refractivity contribution in [3.05, 3.63) is 36.1 Å². The molecule has 2 nitrogen and oxygen atoms in total. The van der Waals surface area contributed by atoms with Crippen LogP contribution < -0.4 is 0 Å². The molecule has 1 aliphatic rings. The first-order chi connectivity index (χ1) is 10.6. The summed E-state index contributed by atoms with van der Waals surface area (Å²) in [5.74, 6) is 1.52. The molecule has 1 saturated carbocycles. The molecule has 0 heterocycles. The van der Waals surface area contributed by atoms with Gasteiger partial charge in [-0.2, -0.15) is 0 Å². The molecule has 126 valence electrons. The van der Waals surface area contributed by atoms with Crippen LogP contribution in [0.5, 0.6) is 0 Å². The number of hydrogen-bond acceptors (Lipinski definition) is 2. The Bertz CT molecular complexity index is 377. The van der Waals surface area contributed by atoms with Crippen molar-refractivity contribution < 1.29 is 9.47 Å². The minimum atomic E-state index is 0.113. The van der Waals surface area contributed by atoms with Crippen molar-refractivity contribution >= 4 is 0 Å². The van der Waals surface area contributed by atoms with E-state index in [0.29, 0.717) is 12.0 Å². The van der Waals surface area contributed by atoms with Crippen LogP contribution in [0.1, 0.15) is 59.8 Å². The Kier molecular flexibility index (Phi) is 9.22. The summed E-state index contributed by atoms with van der Waals surface area (Å²) in [5.41, 5.74) is 1.21. The minimum Gasteiger partial charge on any atom is -0.504 e. The van der Waals surface area contributed by atoms with E-state index in [1.807, 2.05) is 6.08 Å². The monoisotopic (exact) mass is 306 g/mol. The standard InChI is InChI=1S/C20H34O2/c1-6-8-10-19(11-9-14-21-5)17(4)22-20(16(3)7-2)15-18-12-13-18/h8-11,14,16-18,20H,6-7,12-13,15H2,1-5H3/b10-8-,14-9+,19-11+. The molecule has 0 aromatic carbocycles. The number of allylic oxidation sites excluding steroid dienone is 3. The van der Waals surface area contributed by atoms with Gasteiger partial charge in [0.1, 0.15) is 0 Å². The molecule has 0 aliphatic heterocycles. The van der Waals surface area contributed by atoms with E-state index < -0.39 is 0 Å². The second-order valence-electron chi connectivity index (χ2n) is 6.42. The first-order valence-electron chi connectivity index (χ1n) is 8.83. The molecule has 0 aromatic heterocycles. The molecule has 0 radical (unpaired) electrons. The van der Waals surface area contributed by atoms with Gasteiger partial charge in [0.2, 0.25) is 0 Å². The van der Waals surface area contributed by atoms with Gasteiger partial charge in [0.15, 0.2) is 0 Å². The van der Waals surface area contributed by atoms with Gasteiger partial charge in [0, 0.05) is 0 Å². The fraction of sp³-hybridized carbons (Fsp3) is 0.700. The Hall–Kier alpha value is -1.02. The van der Waals surface area contributed by atoms with Crippen LogP contribution in [0, 0.1) is 11.8 Å². The molecule has 3 atom stereocenters. The van der Waals surface area contributed by atoms with Crippen LogP contribution in [-0.4, -0.2) is 19.3 Å². The smallest absolute Gasteiger partial charge is 0.0824 e. The second kappa shape index (κ2) is 10.7. The molecule has 0 aromatic rings. The lowest BCUT2D eigenvalue weighted by Crippen LogP contribution is -2.27. The Morgan fingerprint density at radius 3 is 2.50 bits per heavy atom. The largest absolute Gasteiger partial charge is 0.504 e. The van der Waals surface area contributed by atoms with Crippen molar-refractivity contribution in [1.82, 2.24) is 0 Å². The fourth-order valence-corrected chi connectivity index (χ4v) is 2.52. The predicted molar refractivity (Wildman–Crippen MR) is 94.8 cm³/mol. The average Bonchev–Trinajstić information content (AvgIpc) is 3.33. The van der Waals surface area contributed by atoms with Crippen molar-refractivity contribution in [3.63, 3.8) is 0 Å². The molecule has 0 saturated heterocycles. The first-order valence-corrected chi connectivity index (χ1v) is 8.83. The Balaban J connectivity index is 2.72. The highest BCUT2D eigenvalue weighted by molar-refractivity contribution is 5.26. The summed E-state index contributed by atoms with van der Waals surface area (Å²) in [5, 5.41) is 0. The third-order valence-corrected chi connectivity index (χ3v) is 4.44. The molecule has 0 spiro atoms. The van der Waals surface area contributed by atoms with E-state index in [9.17, 15) is 0 Å². The first kappa shape index (κ1) is 19.0. The van der Waals surface area contributed by atoms with E-state index in [2.05, 4.69) is 45.9 Å². The summed E-state index contributed by atoms with van der Waals surface area (Å²) in [6.45, 7) is 8.89. The summed E-state index contributed by atoms with van der Waals surface area (Å²) in [4.78, 5) is 0. The van der Waals surface area contributed by atoms with Crippen molar-refractivity contribution in [2.24, 2.45) is 11.8 Å². The maximum absolute atomic E-state index is 6.45. The van der Waals surface area contributed by atoms with Gasteiger partial charge in [0.05, 0.1) is 25.6 Å². The van der Waals surface area contributed by atoms with Crippen molar-refractivity contribution in [2.45, 2.75) is 72.0 Å². The summed E-state index contributed by atoms with van der Waals surface area (Å²) >= 11 is 0. The van der Waals surface area contributed by atoms with E-state index in [-0.39, 0.29) is 6.10 Å². The Labute approximate surface area is 137 Å². The lowest BCUT2D eigenvalue weighted by Gasteiger charge is -2.28. The Morgan fingerprint density at radius 2 is 1.95 bits per heavy atom. The Morgan fingerprint density at radius 1 is 1.23 bits per heavy atom. The van der Waals surface area contributed by atoms with Crippen LogP contribution >= 0.6 is 0 Å². The average molecular weight is 306 g/mol. The van der Waals surface area contributed by atoms with Crippen LogP contribution in [0.2, 0.25) is 0 Å². The number of hydrogen-bond donors (Lipinski definition) is 0. The topological polar surface area (TPSA) is 18.5 Å². The summed E-state index contributed by atoms with van der Waals surface area (Å²) in [7, 11) is 1.67. The molecule has 22 heavy (non-hydrogen) atoms. The lowest BCUT2D eigenvalue weighted by molar-refractivity contribution is -0.0216. The summed E-state index contributed by atoms with van der Waals surface area (Å²) in [6, 6.07) is 0. The van der Waals surface area contributed by atoms with Crippen LogP contribution in [-0.2, 0) is 9.47 Å². The summed E-state index contributed by atoms with van der Waals surface area (Å²) in [6.07, 6.45) is 16.8. The third kappa shape index (κ3) is 7.31. The van der Waals surface area contributed by atoms with Gasteiger partial charge in [-0.15, -0.1) is 0 Å². The van der Waals surface area contributed by atoms with E-state index in [0.717, 1.165) is 12.3 Å². The molecule has 0 bridgehead atoms. The maximum Gasteiger partial charge on any atom is 0.0824 e. The molecule has 0 amide bonds. The predicted octanol–water partition coefficient (Wildman–Crippen LogP) is 5.66. The molecule has 0 N–H and O–H groups in total. The number of methoxy groups -OCH3 is 1. The van der Waals surface area contributed by atoms with Gasteiger partial charge >= 0.3 is 0 Å². The maximum atomic E-state index is 6.45. The summed E-state index contributed by atoms with van der Waals surface area (Å²) < 4.78 is 11.4. The van der Waals surface area contributed by atoms with Crippen LogP contribution in [0.15, 0.2) is 36.1 Å². The van der Waals surface area contributed by atoms with Crippen molar-refractivity contribution in [2.75, 3.05) is 7.11 Å². The number of rotatable bonds is 11. The van der Waals surface area contributed by atoms with Gasteiger partial charge in [-0.25, -0.2) is 0 Å². The van der Waals surface area contributed by atoms with E-state index in [1.54, 1.807) is 13.4 Å². The lowest BCUT2D eigenvalue weighted by atomic mass is 9.96. The molecular formula is C20H34O2. The zero-order chi connectivity index (χ0) is 16.4. The molecule has 2 heteroatoms. The highest BCUT2D eigenvalue weighted by atomic mass is 16.5. The van der Waals surface area contributed by atoms with Gasteiger partial charge < -0.3 is 9.47 Å². The van der Waals surface area contributed by atoms with Crippen LogP contribution in [0.25, 0.3) is 0 Å². The SMILES string of the molecule is CC\C=C/C(=C\C=C\OC)C(C)OC(CC1CC1)C(C)CC. The molecular weight excluding hydrogens is 272 g/mol. The van der Waals surface area contributed by atoms with Crippen molar-refractivity contribution in [3.8, 4) is 0 Å². The minimum absolute atomic E-state index is 0.113. The third-order valence-electron chi connectivity index (χ3n) is 4.44. The van der Waals surface area contributed by atoms with Crippen molar-refractivity contribution in [1.29, 1.82) is 0 Å². The van der Waals surface area contributed by atoms with E-state index in [1.165, 1.54) is 31.3 Å². The highest BCUT2D eigenvalue weighted by Crippen LogP contribution is 2.37. The molecule has 3 unspecified atom stereocenters. The zero-order valence-corrected chi connectivity index (χ0v) is 15.0. The quantitative estimate of drug-likeness (QED) is 0.362. The van der Waals surface area contributed by atoms with Gasteiger partial charge in [-0.05, 0) is 43.3 Å². The number of ether oxygens (including phenoxy) is 2. The second-order valence-corrected chi connectivity index (χ2v) is 6.42. The highest BCUT2D eigenvalue weighted by Gasteiger charge is 2.29. The molecule has 1 aliphatic carbocycles. The normalized spacial score (nSPS) is 20.5. The van der Waals surface area contributed by atoms with E-state index in [4.69, 9.17) is 9.47 Å². The van der Waals surface area contributed by atoms with E-state index >= 15 is 0 Å². The fourth-order valence-electron chi connectivity index (χ4n) is 2.52. The van der Waals surface area contributed by atoms with Crippen LogP contribution in [0.4, 0.5) is 0 Å². The van der Waals surface area contributed by atoms with Gasteiger partial charge in [0.25, 0.3) is 0 Å². The molecule has 1 rings (SSSR count). The van der Waals surface area contributed by atoms with Gasteiger partial charge in [-0.1, -0.05) is 58.3 Å². The molecule has 1 fully saturated rings. The van der Waals surface area contributed by atoms with Gasteiger partial charge in [-0.3, -0.25) is 0 Å². The van der Waals surface area contributed by atoms with Crippen LogP contribution in [0.3, 0.4) is 0 Å². The zero-order valence-electron chi connectivity index (χ0n) is 15.0.